The first-order chi connectivity index (χ1) is 6.68. The molecule has 2 bridgehead atoms. The largest absolute Gasteiger partial charge is 0.442 e. The number of allylic oxidation sites excluding steroid dienone is 2. The van der Waals surface area contributed by atoms with Gasteiger partial charge in [-0.3, -0.25) is 4.79 Å². The van der Waals surface area contributed by atoms with E-state index in [1.807, 2.05) is 0 Å². The number of esters is 1. The Morgan fingerprint density at radius 1 is 1.14 bits per heavy atom. The molecule has 6 heteroatoms. The fourth-order valence-electron chi connectivity index (χ4n) is 1.03. The van der Waals surface area contributed by atoms with Gasteiger partial charge in [0, 0.05) is 6.20 Å². The van der Waals surface area contributed by atoms with Gasteiger partial charge in [0.15, 0.2) is 0 Å². The average Bonchev–Trinajstić information content (AvgIpc) is 2.37. The van der Waals surface area contributed by atoms with Gasteiger partial charge in [0.1, 0.15) is 0 Å². The first-order valence-electron chi connectivity index (χ1n) is 3.79. The first-order valence-corrected chi connectivity index (χ1v) is 3.79. The molecule has 0 aromatic carbocycles. The number of carbonyl (C=O) groups excluding carboxylic acids is 3. The third-order valence-corrected chi connectivity index (χ3v) is 1.66. The Morgan fingerprint density at radius 2 is 1.93 bits per heavy atom. The molecule has 1 amide bonds. The van der Waals surface area contributed by atoms with E-state index in [9.17, 15) is 14.4 Å². The second-order valence-corrected chi connectivity index (χ2v) is 2.60. The molecule has 0 aliphatic carbocycles. The molecule has 1 atom stereocenters. The lowest BCUT2D eigenvalue weighted by atomic mass is 10.3. The van der Waals surface area contributed by atoms with Gasteiger partial charge in [-0.15, -0.1) is 5.06 Å². The average molecular weight is 195 g/mol. The van der Waals surface area contributed by atoms with Crippen molar-refractivity contribution >= 4 is 17.8 Å². The minimum absolute atomic E-state index is 0.616. The molecule has 1 fully saturated rings. The van der Waals surface area contributed by atoms with Crippen LogP contribution in [-0.2, 0) is 24.0 Å². The van der Waals surface area contributed by atoms with Crippen LogP contribution in [0, 0.1) is 0 Å². The van der Waals surface area contributed by atoms with Gasteiger partial charge in [0.05, 0.1) is 0 Å². The van der Waals surface area contributed by atoms with Gasteiger partial charge in [-0.1, -0.05) is 6.08 Å². The number of ether oxygens (including phenoxy) is 1. The van der Waals surface area contributed by atoms with E-state index in [0.29, 0.717) is 5.06 Å². The third kappa shape index (κ3) is 1.26. The normalized spacial score (nSPS) is 25.3. The highest BCUT2D eigenvalue weighted by Crippen LogP contribution is 2.12. The van der Waals surface area contributed by atoms with Crippen LogP contribution in [0.4, 0.5) is 0 Å². The van der Waals surface area contributed by atoms with Crippen molar-refractivity contribution in [1.29, 1.82) is 0 Å². The number of hydroxylamine groups is 2. The van der Waals surface area contributed by atoms with E-state index in [0.717, 1.165) is 0 Å². The Labute approximate surface area is 78.3 Å². The molecule has 2 aliphatic rings. The molecule has 0 saturated carbocycles. The zero-order valence-corrected chi connectivity index (χ0v) is 6.88. The number of fused-ring (bicyclic) bond motifs is 2. The molecule has 1 saturated heterocycles. The van der Waals surface area contributed by atoms with Gasteiger partial charge in [-0.05, 0) is 12.2 Å². The number of carbonyl (C=O) groups is 3. The van der Waals surface area contributed by atoms with Crippen LogP contribution in [0.15, 0.2) is 24.4 Å². The summed E-state index contributed by atoms with van der Waals surface area (Å²) in [4.78, 5) is 37.6. The second-order valence-electron chi connectivity index (χ2n) is 2.60. The molecule has 72 valence electrons. The Balaban J connectivity index is 2.38. The molecular weight excluding hydrogens is 190 g/mol. The molecule has 0 spiro atoms. The summed E-state index contributed by atoms with van der Waals surface area (Å²) in [6.07, 6.45) is 4.51. The van der Waals surface area contributed by atoms with E-state index in [1.165, 1.54) is 24.4 Å². The van der Waals surface area contributed by atoms with Gasteiger partial charge in [0.25, 0.3) is 0 Å². The van der Waals surface area contributed by atoms with Gasteiger partial charge in [-0.25, -0.2) is 9.59 Å². The maximum absolute atomic E-state index is 11.4. The highest BCUT2D eigenvalue weighted by molar-refractivity contribution is 6.30. The monoisotopic (exact) mass is 195 g/mol. The van der Waals surface area contributed by atoms with E-state index in [4.69, 9.17) is 0 Å². The summed E-state index contributed by atoms with van der Waals surface area (Å²) in [5, 5.41) is 0.678. The molecule has 2 aliphatic heterocycles. The molecule has 0 aromatic rings. The zero-order chi connectivity index (χ0) is 10.1. The van der Waals surface area contributed by atoms with Crippen molar-refractivity contribution in [3.05, 3.63) is 24.4 Å². The van der Waals surface area contributed by atoms with E-state index in [-0.39, 0.29) is 0 Å². The fraction of sp³-hybridized carbons (Fsp3) is 0.125. The number of amides is 1. The van der Waals surface area contributed by atoms with Crippen LogP contribution in [0.1, 0.15) is 0 Å². The quantitative estimate of drug-likeness (QED) is 0.377. The van der Waals surface area contributed by atoms with Crippen LogP contribution in [0.5, 0.6) is 0 Å². The van der Waals surface area contributed by atoms with Gasteiger partial charge < -0.3 is 9.57 Å². The Hall–Kier alpha value is -2.11. The maximum Gasteiger partial charge on any atom is 0.442 e. The number of hydrogen-bond acceptors (Lipinski definition) is 5. The third-order valence-electron chi connectivity index (χ3n) is 1.66. The second kappa shape index (κ2) is 2.99. The van der Waals surface area contributed by atoms with Crippen LogP contribution in [-0.4, -0.2) is 29.0 Å². The Kier molecular flexibility index (Phi) is 1.81. The van der Waals surface area contributed by atoms with Crippen LogP contribution < -0.4 is 0 Å². The predicted molar refractivity (Wildman–Crippen MR) is 41.1 cm³/mol. The predicted octanol–water partition coefficient (Wildman–Crippen LogP) is -0.718. The van der Waals surface area contributed by atoms with Crippen LogP contribution in [0.25, 0.3) is 0 Å². The maximum atomic E-state index is 11.4. The Bertz CT molecular complexity index is 336. The van der Waals surface area contributed by atoms with Crippen molar-refractivity contribution in [2.75, 3.05) is 0 Å². The van der Waals surface area contributed by atoms with Crippen molar-refractivity contribution in [3.63, 3.8) is 0 Å². The lowest BCUT2D eigenvalue weighted by molar-refractivity contribution is -0.186. The summed E-state index contributed by atoms with van der Waals surface area (Å²) in [5.41, 5.74) is 0. The summed E-state index contributed by atoms with van der Waals surface area (Å²) in [6.45, 7) is 0. The summed E-state index contributed by atoms with van der Waals surface area (Å²) in [6, 6.07) is 0. The molecule has 2 rings (SSSR count). The van der Waals surface area contributed by atoms with Gasteiger partial charge in [0.2, 0.25) is 6.10 Å². The molecule has 0 radical (unpaired) electrons. The summed E-state index contributed by atoms with van der Waals surface area (Å²) >= 11 is 0. The summed E-state index contributed by atoms with van der Waals surface area (Å²) in [5.74, 6) is -3.00. The number of rotatable bonds is 0. The van der Waals surface area contributed by atoms with Crippen molar-refractivity contribution in [2.24, 2.45) is 0 Å². The smallest absolute Gasteiger partial charge is 0.439 e. The van der Waals surface area contributed by atoms with Crippen LogP contribution in [0.3, 0.4) is 0 Å². The van der Waals surface area contributed by atoms with Crippen molar-refractivity contribution in [1.82, 2.24) is 5.06 Å². The lowest BCUT2D eigenvalue weighted by Gasteiger charge is -2.12. The highest BCUT2D eigenvalue weighted by Gasteiger charge is 2.36. The van der Waals surface area contributed by atoms with Crippen molar-refractivity contribution in [2.45, 2.75) is 6.10 Å². The lowest BCUT2D eigenvalue weighted by Crippen LogP contribution is -2.32. The highest BCUT2D eigenvalue weighted by atomic mass is 16.7. The van der Waals surface area contributed by atoms with E-state index in [1.54, 1.807) is 0 Å². The minimum Gasteiger partial charge on any atom is -0.439 e. The standard InChI is InChI=1S/C8H5NO5/c10-6-5-3-1-2-4-9(6)14-8(12)7(11)13-5/h1-5H. The molecule has 6 nitrogen and oxygen atoms in total. The Morgan fingerprint density at radius 3 is 2.71 bits per heavy atom. The SMILES string of the molecule is O=C1OC2C=CC=CN(OC1=O)C2=O. The van der Waals surface area contributed by atoms with Gasteiger partial charge in [-0.2, -0.15) is 0 Å². The molecule has 1 unspecified atom stereocenters. The van der Waals surface area contributed by atoms with Crippen molar-refractivity contribution in [3.8, 4) is 0 Å². The van der Waals surface area contributed by atoms with Crippen LogP contribution >= 0.6 is 0 Å². The fourth-order valence-corrected chi connectivity index (χ4v) is 1.03. The van der Waals surface area contributed by atoms with E-state index < -0.39 is 23.9 Å². The molecule has 2 heterocycles. The summed E-state index contributed by atoms with van der Waals surface area (Å²) < 4.78 is 4.56. The topological polar surface area (TPSA) is 72.9 Å². The number of hydrogen-bond donors (Lipinski definition) is 0. The molecule has 0 aromatic heterocycles. The number of nitrogens with zero attached hydrogens (tertiary/aromatic N) is 1. The summed E-state index contributed by atoms with van der Waals surface area (Å²) in [7, 11) is 0. The van der Waals surface area contributed by atoms with E-state index >= 15 is 0 Å². The van der Waals surface area contributed by atoms with Gasteiger partial charge >= 0.3 is 17.8 Å². The van der Waals surface area contributed by atoms with Crippen molar-refractivity contribution < 1.29 is 24.0 Å². The molecular formula is C8H5NO5. The first kappa shape index (κ1) is 8.49. The van der Waals surface area contributed by atoms with E-state index in [2.05, 4.69) is 9.57 Å². The zero-order valence-electron chi connectivity index (χ0n) is 6.88. The molecule has 0 N–H and O–H groups in total. The minimum atomic E-state index is -1.21. The van der Waals surface area contributed by atoms with Crippen LogP contribution in [0.2, 0.25) is 0 Å². The molecule has 14 heavy (non-hydrogen) atoms.